The maximum absolute atomic E-state index is 13.7. The molecule has 0 fully saturated rings. The van der Waals surface area contributed by atoms with E-state index in [1.807, 2.05) is 43.3 Å². The van der Waals surface area contributed by atoms with Gasteiger partial charge in [-0.2, -0.15) is 0 Å². The molecule has 2 amide bonds. The lowest BCUT2D eigenvalue weighted by atomic mass is 9.88. The molecule has 0 bridgehead atoms. The van der Waals surface area contributed by atoms with Crippen LogP contribution in [0.3, 0.4) is 0 Å². The Morgan fingerprint density at radius 1 is 1.03 bits per heavy atom. The minimum absolute atomic E-state index is 0.0214. The number of carbonyl (C=O) groups is 3. The first-order valence-electron chi connectivity index (χ1n) is 12.1. The largest absolute Gasteiger partial charge is 0.478 e. The molecule has 0 saturated carbocycles. The van der Waals surface area contributed by atoms with Gasteiger partial charge in [-0.15, -0.1) is 0 Å². The summed E-state index contributed by atoms with van der Waals surface area (Å²) in [6.07, 6.45) is 0.486. The van der Waals surface area contributed by atoms with Crippen LogP contribution in [0.15, 0.2) is 72.8 Å². The topological polar surface area (TPSA) is 87.2 Å². The standard InChI is InChI=1S/C29H29ClN2O5/c1-4-31(21-13-11-20(30)12-14-21)27(34)24-17-18-32(25-8-6-5-7-23(24)25)26(33)19-9-15-22(16-10-19)37-29(2,3)28(35)36/h5-16,24H,4,17-18H2,1-3H3,(H,35,36)/t24-/m0/s1. The lowest BCUT2D eigenvalue weighted by Crippen LogP contribution is -2.42. The van der Waals surface area contributed by atoms with Gasteiger partial charge in [0.1, 0.15) is 5.75 Å². The fourth-order valence-corrected chi connectivity index (χ4v) is 4.59. The number of ether oxygens (including phenoxy) is 1. The quantitative estimate of drug-likeness (QED) is 0.427. The number of carboxylic acids is 1. The maximum atomic E-state index is 13.7. The third-order valence-electron chi connectivity index (χ3n) is 6.50. The van der Waals surface area contributed by atoms with E-state index in [-0.39, 0.29) is 17.7 Å². The number of hydrogen-bond donors (Lipinski definition) is 1. The van der Waals surface area contributed by atoms with Crippen molar-refractivity contribution >= 4 is 40.8 Å². The molecule has 3 aromatic carbocycles. The zero-order valence-corrected chi connectivity index (χ0v) is 21.7. The van der Waals surface area contributed by atoms with Crippen LogP contribution in [0, 0.1) is 0 Å². The van der Waals surface area contributed by atoms with Crippen LogP contribution in [-0.2, 0) is 9.59 Å². The van der Waals surface area contributed by atoms with Crippen molar-refractivity contribution in [2.45, 2.75) is 38.7 Å². The molecular formula is C29H29ClN2O5. The van der Waals surface area contributed by atoms with E-state index < -0.39 is 11.6 Å². The van der Waals surface area contributed by atoms with Gasteiger partial charge in [-0.3, -0.25) is 9.59 Å². The second-order valence-corrected chi connectivity index (χ2v) is 9.79. The van der Waals surface area contributed by atoms with Crippen LogP contribution in [0.4, 0.5) is 11.4 Å². The molecule has 7 nitrogen and oxygen atoms in total. The van der Waals surface area contributed by atoms with E-state index in [0.717, 1.165) is 11.3 Å². The fraction of sp³-hybridized carbons (Fsp3) is 0.276. The van der Waals surface area contributed by atoms with Crippen LogP contribution in [0.2, 0.25) is 5.02 Å². The maximum Gasteiger partial charge on any atom is 0.347 e. The van der Waals surface area contributed by atoms with E-state index in [9.17, 15) is 19.5 Å². The highest BCUT2D eigenvalue weighted by atomic mass is 35.5. The summed E-state index contributed by atoms with van der Waals surface area (Å²) in [5.41, 5.74) is 1.34. The number of para-hydroxylation sites is 1. The number of aliphatic carboxylic acids is 1. The Morgan fingerprint density at radius 2 is 1.68 bits per heavy atom. The Hall–Kier alpha value is -3.84. The van der Waals surface area contributed by atoms with Crippen molar-refractivity contribution in [2.24, 2.45) is 0 Å². The number of fused-ring (bicyclic) bond motifs is 1. The second-order valence-electron chi connectivity index (χ2n) is 9.36. The van der Waals surface area contributed by atoms with Gasteiger partial charge in [0.2, 0.25) is 5.91 Å². The van der Waals surface area contributed by atoms with E-state index in [4.69, 9.17) is 16.3 Å². The third-order valence-corrected chi connectivity index (χ3v) is 6.75. The Kier molecular flexibility index (Phi) is 7.55. The summed E-state index contributed by atoms with van der Waals surface area (Å²) in [4.78, 5) is 41.9. The normalized spacial score (nSPS) is 15.0. The zero-order valence-electron chi connectivity index (χ0n) is 21.0. The van der Waals surface area contributed by atoms with Gasteiger partial charge in [0.15, 0.2) is 5.60 Å². The van der Waals surface area contributed by atoms with Gasteiger partial charge >= 0.3 is 5.97 Å². The van der Waals surface area contributed by atoms with Crippen molar-refractivity contribution in [2.75, 3.05) is 22.9 Å². The number of carbonyl (C=O) groups excluding carboxylic acids is 2. The summed E-state index contributed by atoms with van der Waals surface area (Å²) >= 11 is 6.03. The van der Waals surface area contributed by atoms with Crippen molar-refractivity contribution in [1.29, 1.82) is 0 Å². The smallest absolute Gasteiger partial charge is 0.347 e. The zero-order chi connectivity index (χ0) is 26.7. The first kappa shape index (κ1) is 26.2. The Labute approximate surface area is 221 Å². The van der Waals surface area contributed by atoms with E-state index in [1.165, 1.54) is 13.8 Å². The molecule has 0 saturated heterocycles. The van der Waals surface area contributed by atoms with E-state index in [0.29, 0.717) is 41.5 Å². The average molecular weight is 521 g/mol. The number of amides is 2. The van der Waals surface area contributed by atoms with Gasteiger partial charge in [0.25, 0.3) is 5.91 Å². The number of rotatable bonds is 7. The van der Waals surface area contributed by atoms with E-state index in [1.54, 1.807) is 46.2 Å². The number of carboxylic acid groups (broad SMARTS) is 1. The fourth-order valence-electron chi connectivity index (χ4n) is 4.46. The number of hydrogen-bond acceptors (Lipinski definition) is 4. The number of nitrogens with zero attached hydrogens (tertiary/aromatic N) is 2. The molecule has 1 aliphatic heterocycles. The summed E-state index contributed by atoms with van der Waals surface area (Å²) in [5, 5.41) is 9.88. The first-order valence-corrected chi connectivity index (χ1v) is 12.5. The van der Waals surface area contributed by atoms with Crippen molar-refractivity contribution in [3.8, 4) is 5.75 Å². The molecule has 4 rings (SSSR count). The highest BCUT2D eigenvalue weighted by molar-refractivity contribution is 6.30. The molecule has 3 aromatic rings. The second kappa shape index (κ2) is 10.6. The minimum atomic E-state index is -1.39. The molecule has 0 aromatic heterocycles. The summed E-state index contributed by atoms with van der Waals surface area (Å²) < 4.78 is 5.54. The first-order chi connectivity index (χ1) is 17.6. The van der Waals surface area contributed by atoms with Crippen LogP contribution in [0.5, 0.6) is 5.75 Å². The Bertz CT molecular complexity index is 1300. The van der Waals surface area contributed by atoms with Gasteiger partial charge in [-0.25, -0.2) is 4.79 Å². The van der Waals surface area contributed by atoms with Gasteiger partial charge in [0.05, 0.1) is 5.92 Å². The molecule has 8 heteroatoms. The number of benzene rings is 3. The van der Waals surface area contributed by atoms with Crippen LogP contribution < -0.4 is 14.5 Å². The third kappa shape index (κ3) is 5.47. The van der Waals surface area contributed by atoms with Gasteiger partial charge in [-0.1, -0.05) is 29.8 Å². The molecule has 192 valence electrons. The average Bonchev–Trinajstić information content (AvgIpc) is 2.89. The van der Waals surface area contributed by atoms with Crippen molar-refractivity contribution in [3.63, 3.8) is 0 Å². The monoisotopic (exact) mass is 520 g/mol. The number of likely N-dealkylation sites (N-methyl/N-ethyl adjacent to an activating group) is 1. The molecule has 0 aliphatic carbocycles. The lowest BCUT2D eigenvalue weighted by Gasteiger charge is -2.36. The molecule has 0 unspecified atom stereocenters. The van der Waals surface area contributed by atoms with Crippen LogP contribution in [0.1, 0.15) is 49.0 Å². The predicted octanol–water partition coefficient (Wildman–Crippen LogP) is 5.77. The molecule has 0 radical (unpaired) electrons. The molecule has 37 heavy (non-hydrogen) atoms. The van der Waals surface area contributed by atoms with Gasteiger partial charge in [0, 0.05) is 35.1 Å². The molecule has 1 atom stereocenters. The van der Waals surface area contributed by atoms with E-state index >= 15 is 0 Å². The SMILES string of the molecule is CCN(C(=O)[C@H]1CCN(C(=O)c2ccc(OC(C)(C)C(=O)O)cc2)c2ccccc21)c1ccc(Cl)cc1. The Balaban J connectivity index is 1.57. The number of anilines is 2. The van der Waals surface area contributed by atoms with Gasteiger partial charge < -0.3 is 19.6 Å². The molecule has 1 N–H and O–H groups in total. The van der Waals surface area contributed by atoms with Crippen LogP contribution in [0.25, 0.3) is 0 Å². The van der Waals surface area contributed by atoms with Crippen LogP contribution in [-0.4, -0.2) is 41.6 Å². The minimum Gasteiger partial charge on any atom is -0.478 e. The molecular weight excluding hydrogens is 492 g/mol. The molecule has 0 spiro atoms. The van der Waals surface area contributed by atoms with E-state index in [2.05, 4.69) is 0 Å². The summed E-state index contributed by atoms with van der Waals surface area (Å²) in [7, 11) is 0. The van der Waals surface area contributed by atoms with Crippen molar-refractivity contribution in [1.82, 2.24) is 0 Å². The molecule has 1 heterocycles. The summed E-state index contributed by atoms with van der Waals surface area (Å²) in [6, 6.07) is 21.1. The predicted molar refractivity (Wildman–Crippen MR) is 144 cm³/mol. The van der Waals surface area contributed by atoms with Crippen molar-refractivity contribution in [3.05, 3.63) is 88.9 Å². The highest BCUT2D eigenvalue weighted by Gasteiger charge is 2.35. The number of halogens is 1. The summed E-state index contributed by atoms with van der Waals surface area (Å²) in [5.74, 6) is -1.33. The Morgan fingerprint density at radius 3 is 2.30 bits per heavy atom. The molecule has 1 aliphatic rings. The summed E-state index contributed by atoms with van der Waals surface area (Å²) in [6.45, 7) is 5.75. The van der Waals surface area contributed by atoms with Crippen molar-refractivity contribution < 1.29 is 24.2 Å². The van der Waals surface area contributed by atoms with Gasteiger partial charge in [-0.05, 0) is 87.4 Å². The lowest BCUT2D eigenvalue weighted by molar-refractivity contribution is -0.152. The highest BCUT2D eigenvalue weighted by Crippen LogP contribution is 2.38. The van der Waals surface area contributed by atoms with Crippen LogP contribution >= 0.6 is 11.6 Å².